The summed E-state index contributed by atoms with van der Waals surface area (Å²) >= 11 is 3.19. The summed E-state index contributed by atoms with van der Waals surface area (Å²) in [7, 11) is 0. The van der Waals surface area contributed by atoms with Gasteiger partial charge in [-0.2, -0.15) is 11.3 Å². The summed E-state index contributed by atoms with van der Waals surface area (Å²) in [5.74, 6) is -3.10. The number of thiophene rings is 1. The van der Waals surface area contributed by atoms with E-state index in [1.165, 1.54) is 11.3 Å². The lowest BCUT2D eigenvalue weighted by molar-refractivity contribution is -0.152. The van der Waals surface area contributed by atoms with E-state index in [4.69, 9.17) is 5.11 Å². The van der Waals surface area contributed by atoms with E-state index in [9.17, 15) is 9.59 Å². The number of carboxylic acids is 1. The van der Waals surface area contributed by atoms with Gasteiger partial charge in [0.25, 0.3) is 0 Å². The molecule has 0 saturated carbocycles. The molecule has 0 aliphatic rings. The topological polar surface area (TPSA) is 63.6 Å². The van der Waals surface area contributed by atoms with Gasteiger partial charge in [0.05, 0.1) is 0 Å². The van der Waals surface area contributed by atoms with Gasteiger partial charge in [0.15, 0.2) is 5.92 Å². The molecule has 0 aromatic carbocycles. The summed E-state index contributed by atoms with van der Waals surface area (Å²) in [6.45, 7) is 0. The van der Waals surface area contributed by atoms with Crippen LogP contribution in [0.25, 0.3) is 0 Å². The van der Waals surface area contributed by atoms with Crippen LogP contribution < -0.4 is 0 Å². The first-order valence-electron chi connectivity index (χ1n) is 3.64. The smallest absolute Gasteiger partial charge is 0.325 e. The highest BCUT2D eigenvalue weighted by atomic mass is 127. The van der Waals surface area contributed by atoms with Crippen LogP contribution in [-0.4, -0.2) is 21.7 Å². The van der Waals surface area contributed by atoms with E-state index in [0.717, 1.165) is 0 Å². The van der Waals surface area contributed by atoms with E-state index in [2.05, 4.69) is 4.74 Å². The Kier molecular flexibility index (Phi) is 4.33. The van der Waals surface area contributed by atoms with Gasteiger partial charge in [0.2, 0.25) is 0 Å². The highest BCUT2D eigenvalue weighted by molar-refractivity contribution is 14.1. The minimum atomic E-state index is -1.20. The van der Waals surface area contributed by atoms with Crippen molar-refractivity contribution in [2.75, 3.05) is 4.61 Å². The summed E-state index contributed by atoms with van der Waals surface area (Å²) in [4.78, 5) is 22.1. The molecule has 0 amide bonds. The molecule has 1 aromatic rings. The Morgan fingerprint density at radius 3 is 2.79 bits per heavy atom. The van der Waals surface area contributed by atoms with Crippen molar-refractivity contribution in [3.05, 3.63) is 22.4 Å². The number of carbonyl (C=O) groups is 2. The number of carbonyl (C=O) groups excluding carboxylic acids is 1. The lowest BCUT2D eigenvalue weighted by Gasteiger charge is -2.08. The standard InChI is InChI=1S/C8H7IO4S/c9-4-13-8(12)6(7(10)11)5-1-2-14-3-5/h1-3,6H,4H2,(H,10,11). The number of alkyl halides is 1. The number of aliphatic carboxylic acids is 1. The van der Waals surface area contributed by atoms with Gasteiger partial charge in [-0.1, -0.05) is 0 Å². The molecule has 0 spiro atoms. The maximum absolute atomic E-state index is 11.3. The summed E-state index contributed by atoms with van der Waals surface area (Å²) in [6, 6.07) is 1.61. The number of carboxylic acid groups (broad SMARTS) is 1. The van der Waals surface area contributed by atoms with Crippen molar-refractivity contribution >= 4 is 45.9 Å². The monoisotopic (exact) mass is 326 g/mol. The lowest BCUT2D eigenvalue weighted by atomic mass is 10.0. The Labute approximate surface area is 98.0 Å². The summed E-state index contributed by atoms with van der Waals surface area (Å²) in [6.07, 6.45) is 0. The van der Waals surface area contributed by atoms with Gasteiger partial charge in [0, 0.05) is 0 Å². The molecule has 0 radical (unpaired) electrons. The Balaban J connectivity index is 2.85. The third kappa shape index (κ3) is 2.68. The Morgan fingerprint density at radius 1 is 1.64 bits per heavy atom. The van der Waals surface area contributed by atoms with Gasteiger partial charge >= 0.3 is 11.9 Å². The molecule has 6 heteroatoms. The van der Waals surface area contributed by atoms with E-state index in [-0.39, 0.29) is 4.61 Å². The number of hydrogen-bond donors (Lipinski definition) is 1. The molecule has 1 N–H and O–H groups in total. The normalized spacial score (nSPS) is 12.1. The first-order chi connectivity index (χ1) is 6.66. The van der Waals surface area contributed by atoms with E-state index in [1.54, 1.807) is 16.8 Å². The molecular weight excluding hydrogens is 319 g/mol. The molecule has 1 heterocycles. The van der Waals surface area contributed by atoms with Crippen molar-refractivity contribution in [2.24, 2.45) is 0 Å². The molecule has 14 heavy (non-hydrogen) atoms. The van der Waals surface area contributed by atoms with Crippen molar-refractivity contribution in [1.29, 1.82) is 0 Å². The average molecular weight is 326 g/mol. The Hall–Kier alpha value is -0.630. The molecule has 0 fully saturated rings. The molecule has 4 nitrogen and oxygen atoms in total. The lowest BCUT2D eigenvalue weighted by Crippen LogP contribution is -2.22. The van der Waals surface area contributed by atoms with Gasteiger partial charge in [-0.3, -0.25) is 9.59 Å². The maximum Gasteiger partial charge on any atom is 0.325 e. The molecule has 1 unspecified atom stereocenters. The molecule has 0 aliphatic heterocycles. The highest BCUT2D eigenvalue weighted by Crippen LogP contribution is 2.20. The van der Waals surface area contributed by atoms with Crippen molar-refractivity contribution in [1.82, 2.24) is 0 Å². The van der Waals surface area contributed by atoms with E-state index >= 15 is 0 Å². The Bertz CT molecular complexity index is 322. The van der Waals surface area contributed by atoms with E-state index in [0.29, 0.717) is 5.56 Å². The average Bonchev–Trinajstić information content (AvgIpc) is 2.57. The molecule has 0 saturated heterocycles. The minimum Gasteiger partial charge on any atom is -0.480 e. The molecular formula is C8H7IO4S. The van der Waals surface area contributed by atoms with Crippen molar-refractivity contribution in [2.45, 2.75) is 5.92 Å². The number of halogens is 1. The van der Waals surface area contributed by atoms with Gasteiger partial charge in [-0.05, 0) is 45.0 Å². The quantitative estimate of drug-likeness (QED) is 0.397. The number of ether oxygens (including phenoxy) is 1. The van der Waals surface area contributed by atoms with Crippen LogP contribution in [-0.2, 0) is 14.3 Å². The fourth-order valence-electron chi connectivity index (χ4n) is 0.956. The molecule has 0 aliphatic carbocycles. The number of rotatable bonds is 4. The minimum absolute atomic E-state index is 0.157. The summed E-state index contributed by atoms with van der Waals surface area (Å²) < 4.78 is 4.82. The summed E-state index contributed by atoms with van der Waals surface area (Å²) in [5, 5.41) is 12.2. The second kappa shape index (κ2) is 5.30. The molecule has 1 atom stereocenters. The zero-order chi connectivity index (χ0) is 10.6. The van der Waals surface area contributed by atoms with Gasteiger partial charge in [-0.25, -0.2) is 0 Å². The van der Waals surface area contributed by atoms with E-state index < -0.39 is 17.9 Å². The SMILES string of the molecule is O=C(O)C(C(=O)OCI)c1ccsc1. The van der Waals surface area contributed by atoms with Gasteiger partial charge in [0.1, 0.15) is 4.61 Å². The fourth-order valence-corrected chi connectivity index (χ4v) is 1.95. The third-order valence-electron chi connectivity index (χ3n) is 1.56. The zero-order valence-electron chi connectivity index (χ0n) is 6.97. The van der Waals surface area contributed by atoms with Gasteiger partial charge < -0.3 is 9.84 Å². The van der Waals surface area contributed by atoms with Crippen LogP contribution >= 0.6 is 33.9 Å². The molecule has 1 aromatic heterocycles. The van der Waals surface area contributed by atoms with Crippen LogP contribution in [0.15, 0.2) is 16.8 Å². The largest absolute Gasteiger partial charge is 0.480 e. The first-order valence-corrected chi connectivity index (χ1v) is 6.11. The number of esters is 1. The van der Waals surface area contributed by atoms with Crippen molar-refractivity contribution in [3.63, 3.8) is 0 Å². The zero-order valence-corrected chi connectivity index (χ0v) is 9.95. The maximum atomic E-state index is 11.3. The van der Waals surface area contributed by atoms with E-state index in [1.807, 2.05) is 22.6 Å². The number of hydrogen-bond acceptors (Lipinski definition) is 4. The predicted octanol–water partition coefficient (Wildman–Crippen LogP) is 1.85. The van der Waals surface area contributed by atoms with Crippen molar-refractivity contribution < 1.29 is 19.4 Å². The third-order valence-corrected chi connectivity index (χ3v) is 2.57. The Morgan fingerprint density at radius 2 is 2.36 bits per heavy atom. The first kappa shape index (κ1) is 11.4. The second-order valence-corrected chi connectivity index (χ2v) is 3.80. The highest BCUT2D eigenvalue weighted by Gasteiger charge is 2.29. The van der Waals surface area contributed by atoms with Gasteiger partial charge in [-0.15, -0.1) is 0 Å². The van der Waals surface area contributed by atoms with Crippen LogP contribution in [0.1, 0.15) is 11.5 Å². The second-order valence-electron chi connectivity index (χ2n) is 2.40. The molecule has 1 rings (SSSR count). The van der Waals surface area contributed by atoms with Crippen LogP contribution in [0, 0.1) is 0 Å². The summed E-state index contributed by atoms with van der Waals surface area (Å²) in [5.41, 5.74) is 0.470. The van der Waals surface area contributed by atoms with Crippen LogP contribution in [0.5, 0.6) is 0 Å². The predicted molar refractivity (Wildman–Crippen MR) is 59.7 cm³/mol. The molecule has 0 bridgehead atoms. The van der Waals surface area contributed by atoms with Crippen LogP contribution in [0.4, 0.5) is 0 Å². The molecule has 76 valence electrons. The van der Waals surface area contributed by atoms with Crippen LogP contribution in [0.2, 0.25) is 0 Å². The fraction of sp³-hybridized carbons (Fsp3) is 0.250. The van der Waals surface area contributed by atoms with Crippen LogP contribution in [0.3, 0.4) is 0 Å². The van der Waals surface area contributed by atoms with Crippen molar-refractivity contribution in [3.8, 4) is 0 Å².